The average Bonchev–Trinajstić information content (AvgIpc) is 3.67. The molecule has 3 aromatic carbocycles. The summed E-state index contributed by atoms with van der Waals surface area (Å²) in [6.45, 7) is 4.19. The Kier molecular flexibility index (Phi) is 10.3. The van der Waals surface area contributed by atoms with E-state index in [1.165, 1.54) is 39.8 Å². The number of carbonyl (C=O) groups excluding carboxylic acids is 1. The minimum absolute atomic E-state index is 0.0335. The van der Waals surface area contributed by atoms with Gasteiger partial charge in [0.05, 0.1) is 30.8 Å². The number of alkyl halides is 5. The summed E-state index contributed by atoms with van der Waals surface area (Å²) in [5, 5.41) is 4.79. The molecule has 1 amide bonds. The zero-order valence-corrected chi connectivity index (χ0v) is 27.1. The highest BCUT2D eigenvalue weighted by Crippen LogP contribution is 2.38. The number of benzene rings is 3. The van der Waals surface area contributed by atoms with Crippen molar-refractivity contribution in [1.29, 1.82) is 0 Å². The number of hydrogen-bond acceptors (Lipinski definition) is 8. The Bertz CT molecular complexity index is 1820. The fraction of sp³-hybridized carbons (Fsp3) is 0.258. The van der Waals surface area contributed by atoms with E-state index in [1.54, 1.807) is 37.4 Å². The Labute approximate surface area is 280 Å². The lowest BCUT2D eigenvalue weighted by Gasteiger charge is -2.22. The number of anilines is 1. The Balaban J connectivity index is 1.17. The number of nitrogens with one attached hydrogen (secondary N) is 1. The maximum Gasteiger partial charge on any atom is 0.499 e. The number of aliphatic imine (C=N–C) groups is 1. The standard InChI is InChI=1S/C31H27F5N6O4S2/c1-18(2)24-13-12-23(44-3)14-25(24)42-26(43)16-48-29(42)38-28(47)40-45-15-19-4-6-20(7-5-19)27-37-17-41(39-27)21-8-10-22(11-9-21)46-31(35,36)30(32,33)34/h4-14,17-18H,15-16H2,1-3H3,(H,40,47)/b38-29-. The van der Waals surface area contributed by atoms with Crippen LogP contribution in [0.5, 0.6) is 11.5 Å². The van der Waals surface area contributed by atoms with Crippen LogP contribution < -0.4 is 19.9 Å². The number of ether oxygens (including phenoxy) is 2. The predicted molar refractivity (Wildman–Crippen MR) is 173 cm³/mol. The molecule has 0 aliphatic carbocycles. The van der Waals surface area contributed by atoms with Crippen LogP contribution in [-0.4, -0.2) is 56.1 Å². The summed E-state index contributed by atoms with van der Waals surface area (Å²) in [6.07, 6.45) is -9.80. The lowest BCUT2D eigenvalue weighted by molar-refractivity contribution is -0.360. The fourth-order valence-corrected chi connectivity index (χ4v) is 5.52. The second-order valence-electron chi connectivity index (χ2n) is 10.5. The molecule has 1 aliphatic heterocycles. The molecular weight excluding hydrogens is 680 g/mol. The van der Waals surface area contributed by atoms with Crippen molar-refractivity contribution in [2.45, 2.75) is 38.7 Å². The van der Waals surface area contributed by atoms with E-state index >= 15 is 0 Å². The fourth-order valence-electron chi connectivity index (χ4n) is 4.45. The van der Waals surface area contributed by atoms with E-state index in [2.05, 4.69) is 25.3 Å². The van der Waals surface area contributed by atoms with Crippen molar-refractivity contribution in [3.8, 4) is 28.6 Å². The highest BCUT2D eigenvalue weighted by atomic mass is 32.2. The molecule has 252 valence electrons. The summed E-state index contributed by atoms with van der Waals surface area (Å²) in [7, 11) is 1.56. The highest BCUT2D eigenvalue weighted by molar-refractivity contribution is 8.15. The first kappa shape index (κ1) is 34.7. The summed E-state index contributed by atoms with van der Waals surface area (Å²) < 4.78 is 74.0. The van der Waals surface area contributed by atoms with Crippen LogP contribution in [0.3, 0.4) is 0 Å². The monoisotopic (exact) mass is 706 g/mol. The van der Waals surface area contributed by atoms with Gasteiger partial charge in [-0.05, 0) is 59.6 Å². The zero-order valence-electron chi connectivity index (χ0n) is 25.5. The van der Waals surface area contributed by atoms with Crippen molar-refractivity contribution >= 4 is 45.9 Å². The van der Waals surface area contributed by atoms with Crippen molar-refractivity contribution in [3.63, 3.8) is 0 Å². The maximum atomic E-state index is 13.2. The van der Waals surface area contributed by atoms with Gasteiger partial charge in [0, 0.05) is 11.6 Å². The van der Waals surface area contributed by atoms with Gasteiger partial charge in [0.25, 0.3) is 0 Å². The van der Waals surface area contributed by atoms with Crippen molar-refractivity contribution in [2.24, 2.45) is 4.99 Å². The van der Waals surface area contributed by atoms with Crippen molar-refractivity contribution in [3.05, 3.63) is 84.2 Å². The zero-order chi connectivity index (χ0) is 34.6. The quantitative estimate of drug-likeness (QED) is 0.106. The number of aromatic nitrogens is 3. The first-order valence-electron chi connectivity index (χ1n) is 14.1. The van der Waals surface area contributed by atoms with Gasteiger partial charge in [-0.2, -0.15) is 26.9 Å². The van der Waals surface area contributed by atoms with Crippen LogP contribution >= 0.6 is 24.0 Å². The van der Waals surface area contributed by atoms with Crippen LogP contribution in [0, 0.1) is 0 Å². The maximum absolute atomic E-state index is 13.2. The number of nitrogens with zero attached hydrogens (tertiary/aromatic N) is 5. The third-order valence-corrected chi connectivity index (χ3v) is 7.94. The molecule has 10 nitrogen and oxygen atoms in total. The van der Waals surface area contributed by atoms with E-state index < -0.39 is 18.0 Å². The number of amidine groups is 1. The van der Waals surface area contributed by atoms with Gasteiger partial charge in [-0.1, -0.05) is 55.9 Å². The molecule has 4 aromatic rings. The van der Waals surface area contributed by atoms with Gasteiger partial charge in [0.15, 0.2) is 11.0 Å². The molecule has 17 heteroatoms. The van der Waals surface area contributed by atoms with Gasteiger partial charge < -0.3 is 9.47 Å². The summed E-state index contributed by atoms with van der Waals surface area (Å²) in [5.41, 5.74) is 6.06. The smallest absolute Gasteiger partial charge is 0.497 e. The summed E-state index contributed by atoms with van der Waals surface area (Å²) in [5.74, 6) is 0.519. The Hall–Kier alpha value is -4.61. The third-order valence-electron chi connectivity index (χ3n) is 6.84. The summed E-state index contributed by atoms with van der Waals surface area (Å²) in [6, 6.07) is 17.1. The molecule has 1 aromatic heterocycles. The molecule has 1 aliphatic rings. The number of carbonyl (C=O) groups is 1. The number of methoxy groups -OCH3 is 1. The van der Waals surface area contributed by atoms with Crippen molar-refractivity contribution in [1.82, 2.24) is 20.2 Å². The van der Waals surface area contributed by atoms with Crippen LogP contribution in [0.15, 0.2) is 78.0 Å². The van der Waals surface area contributed by atoms with E-state index in [9.17, 15) is 26.7 Å². The Morgan fingerprint density at radius 3 is 2.38 bits per heavy atom. The van der Waals surface area contributed by atoms with E-state index in [-0.39, 0.29) is 29.3 Å². The lowest BCUT2D eigenvalue weighted by atomic mass is 10.00. The largest absolute Gasteiger partial charge is 0.499 e. The molecule has 1 N–H and O–H groups in total. The number of rotatable bonds is 10. The van der Waals surface area contributed by atoms with Gasteiger partial charge in [0.2, 0.25) is 11.0 Å². The first-order valence-corrected chi connectivity index (χ1v) is 15.5. The normalized spacial score (nSPS) is 14.6. The van der Waals surface area contributed by atoms with Gasteiger partial charge in [0.1, 0.15) is 17.8 Å². The van der Waals surface area contributed by atoms with Crippen LogP contribution in [0.4, 0.5) is 27.6 Å². The number of hydrogen-bond donors (Lipinski definition) is 1. The molecule has 0 atom stereocenters. The van der Waals surface area contributed by atoms with Crippen LogP contribution in [0.25, 0.3) is 17.1 Å². The molecule has 5 rings (SSSR count). The van der Waals surface area contributed by atoms with Crippen molar-refractivity contribution < 1.29 is 41.1 Å². The molecule has 0 saturated carbocycles. The second kappa shape index (κ2) is 14.2. The van der Waals surface area contributed by atoms with E-state index in [0.717, 1.165) is 23.3 Å². The second-order valence-corrected chi connectivity index (χ2v) is 11.8. The molecule has 0 unspecified atom stereocenters. The molecule has 48 heavy (non-hydrogen) atoms. The van der Waals surface area contributed by atoms with E-state index in [0.29, 0.717) is 33.7 Å². The number of thioether (sulfide) groups is 1. The molecule has 0 radical (unpaired) electrons. The molecule has 0 bridgehead atoms. The molecule has 2 heterocycles. The number of thiocarbonyl (C=S) groups is 1. The van der Waals surface area contributed by atoms with Gasteiger partial charge >= 0.3 is 12.3 Å². The minimum Gasteiger partial charge on any atom is -0.497 e. The highest BCUT2D eigenvalue weighted by Gasteiger charge is 2.61. The summed E-state index contributed by atoms with van der Waals surface area (Å²) >= 11 is 6.62. The Morgan fingerprint density at radius 2 is 1.73 bits per heavy atom. The van der Waals surface area contributed by atoms with Crippen LogP contribution in [-0.2, 0) is 16.2 Å². The topological polar surface area (TPSA) is 103 Å². The number of halogens is 5. The first-order chi connectivity index (χ1) is 22.8. The SMILES string of the molecule is COc1ccc(C(C)C)c(N2C(=O)CS/C2=N\C(=S)NOCc2ccc(-c3ncn(-c4ccc(OC(F)(F)C(F)(F)F)cc4)n3)cc2)c1. The molecule has 1 saturated heterocycles. The number of hydroxylamine groups is 1. The number of amides is 1. The predicted octanol–water partition coefficient (Wildman–Crippen LogP) is 7.04. The van der Waals surface area contributed by atoms with Crippen LogP contribution in [0.2, 0.25) is 0 Å². The lowest BCUT2D eigenvalue weighted by Crippen LogP contribution is -2.41. The minimum atomic E-state index is -5.84. The third kappa shape index (κ3) is 7.91. The Morgan fingerprint density at radius 1 is 1.04 bits per heavy atom. The van der Waals surface area contributed by atoms with Crippen molar-refractivity contribution in [2.75, 3.05) is 17.8 Å². The van der Waals surface area contributed by atoms with Gasteiger partial charge in [-0.3, -0.25) is 14.5 Å². The molecule has 1 fully saturated rings. The van der Waals surface area contributed by atoms with Gasteiger partial charge in [-0.15, -0.1) is 5.10 Å². The molecular formula is C31H27F5N6O4S2. The van der Waals surface area contributed by atoms with E-state index in [1.807, 2.05) is 26.0 Å². The average molecular weight is 707 g/mol. The summed E-state index contributed by atoms with van der Waals surface area (Å²) in [4.78, 5) is 28.6. The van der Waals surface area contributed by atoms with Crippen LogP contribution in [0.1, 0.15) is 30.9 Å². The van der Waals surface area contributed by atoms with E-state index in [4.69, 9.17) is 21.8 Å². The van der Waals surface area contributed by atoms with Gasteiger partial charge in [-0.25, -0.2) is 15.1 Å². The molecule has 0 spiro atoms.